The number of anilines is 15. The Balaban J connectivity index is 0.000000144. The molecule has 764 valence electrons. The first-order chi connectivity index (χ1) is 68.4. The lowest BCUT2D eigenvalue weighted by molar-refractivity contribution is -0.126. The topological polar surface area (TPSA) is 416 Å². The second kappa shape index (κ2) is 44.3. The largest absolute Gasteiger partial charge is 0.495 e. The van der Waals surface area contributed by atoms with E-state index in [0.29, 0.717) is 179 Å². The minimum absolute atomic E-state index is 0.0210. The van der Waals surface area contributed by atoms with Gasteiger partial charge in [0.1, 0.15) is 64.1 Å². The van der Waals surface area contributed by atoms with Gasteiger partial charge in [0.05, 0.1) is 92.2 Å². The summed E-state index contributed by atoms with van der Waals surface area (Å²) in [5.74, 6) is 7.06. The third-order valence-corrected chi connectivity index (χ3v) is 28.3. The van der Waals surface area contributed by atoms with E-state index in [0.717, 1.165) is 106 Å². The van der Waals surface area contributed by atoms with E-state index in [4.69, 9.17) is 38.9 Å². The normalized spacial score (nSPS) is 18.5. The maximum absolute atomic E-state index is 13.4. The number of carbonyl (C=O) groups is 7. The summed E-state index contributed by atoms with van der Waals surface area (Å²) in [7, 11) is 14.8. The predicted octanol–water partition coefficient (Wildman–Crippen LogP) is 13.2. The number of rotatable bonds is 26. The highest BCUT2D eigenvalue weighted by Crippen LogP contribution is 2.47. The van der Waals surface area contributed by atoms with E-state index in [1.807, 2.05) is 63.3 Å². The summed E-state index contributed by atoms with van der Waals surface area (Å²) in [6.07, 6.45) is 23.5. The van der Waals surface area contributed by atoms with Crippen molar-refractivity contribution in [1.82, 2.24) is 85.7 Å². The number of carbonyl (C=O) groups excluding carboxylic acids is 7. The molecule has 1 atom stereocenters. The third kappa shape index (κ3) is 23.2. The average Bonchev–Trinajstić information content (AvgIpc) is 1.65. The van der Waals surface area contributed by atoms with Gasteiger partial charge in [0, 0.05) is 153 Å². The van der Waals surface area contributed by atoms with Crippen LogP contribution in [0.3, 0.4) is 0 Å². The average molecular weight is 1960 g/mol. The Hall–Kier alpha value is -13.9. The second-order valence-corrected chi connectivity index (χ2v) is 40.9. The molecule has 9 aliphatic rings. The van der Waals surface area contributed by atoms with Crippen molar-refractivity contribution >= 4 is 128 Å². The second-order valence-electron chi connectivity index (χ2n) is 40.9. The van der Waals surface area contributed by atoms with Crippen LogP contribution < -0.4 is 95.8 Å². The molecule has 8 N–H and O–H groups in total. The molecule has 39 nitrogen and oxygen atoms in total. The van der Waals surface area contributed by atoms with E-state index in [1.165, 1.54) is 52.1 Å². The number of fused-ring (bicyclic) bond motifs is 6. The quantitative estimate of drug-likeness (QED) is 0.0250. The highest BCUT2D eigenvalue weighted by atomic mass is 19.1. The number of nitrogens with one attached hydrogen (secondary N) is 8. The minimum atomic E-state index is -0.774. The van der Waals surface area contributed by atoms with Crippen LogP contribution in [0.1, 0.15) is 206 Å². The van der Waals surface area contributed by atoms with Crippen LogP contribution in [0.15, 0.2) is 104 Å². The molecule has 0 spiro atoms. The Morgan fingerprint density at radius 2 is 0.748 bits per heavy atom. The standard InChI is InChI=1S/C29H40FN7O3.C28H39N7O3.C24H30N8O2.C22H30N6O3/c1-29(2)18-37(21-7-5-6-8-21)25-23(35(3)27(29)39)16-32-28(34-25)33-22-10-9-19(15-24(22)40-4)26(38)31-12-14-36-13-11-20(30)17-36;1-28(2)18-35(20-8-5-6-9-20)24-22(33(3)26(28)37)17-30-27(32-24)31-21-11-10-19(16-23(21)38-4)25(36)29-12-15-34-13-7-14-34;1-24(2)13-31(16-7-5-6-8-16)20-18(32-14-27-30-22(24)32)12-26-23(29-20)28-17-10-9-15(21(33)25-3)11-19(17)34-4;1-13(2)28-12-22(3,4)20(30)27(6)16-11-24-21(26-18(16)28)25-15-9-8-14(19(29)23-5)10-17(15)31-7/h9-10,15-16,20-21H,5-8,11-14,17-18H2,1-4H3,(H,31,38)(H,32,33,34);10-11,16-17,20H,5-9,12-15,18H2,1-4H3,(H,29,36)(H,30,31,32);9-12,14,16H,5-8,13H2,1-4H3,(H,25,33)(H,26,28,29);8-11,13H,12H2,1-7H3,(H,23,29)(H,24,25,26)/t20-;;;/m0.../s1. The SMILES string of the molecule is CNC(=O)c1ccc(Nc2ncc3c(n2)N(C(C)C)CC(C)(C)C(=O)N3C)c(OC)c1.CNC(=O)c1ccc(Nc2ncc3c(n2)N(C2CCCC2)CC(C)(C)c2nncn2-3)c(OC)c1.COc1cc(C(=O)NCCN2CCC2)ccc1Nc1ncc2c(n1)N(C1CCCC1)CC(C)(C)C(=O)N2C.COc1cc(C(=O)NCCN2CC[C@H](F)C2)ccc1Nc1ncc2c(n1)N(C1CCCC1)CC(C)(C)C(=O)N2C. The minimum Gasteiger partial charge on any atom is -0.495 e. The van der Waals surface area contributed by atoms with E-state index in [-0.39, 0.29) is 52.8 Å². The third-order valence-electron chi connectivity index (χ3n) is 28.3. The van der Waals surface area contributed by atoms with Crippen molar-refractivity contribution in [2.75, 3.05) is 198 Å². The lowest BCUT2D eigenvalue weighted by Crippen LogP contribution is -2.45. The zero-order valence-electron chi connectivity index (χ0n) is 85.9. The van der Waals surface area contributed by atoms with E-state index >= 15 is 0 Å². The van der Waals surface area contributed by atoms with Crippen LogP contribution in [0.5, 0.6) is 23.0 Å². The molecular formula is C103H139FN28O11. The van der Waals surface area contributed by atoms with Crippen LogP contribution in [0.25, 0.3) is 5.69 Å². The molecule has 11 heterocycles. The fraction of sp³-hybridized carbons (Fsp3) is 0.524. The molecule has 4 aromatic carbocycles. The van der Waals surface area contributed by atoms with Gasteiger partial charge in [-0.15, -0.1) is 10.2 Å². The summed E-state index contributed by atoms with van der Waals surface area (Å²) in [6.45, 7) is 28.9. The maximum atomic E-state index is 13.4. The lowest BCUT2D eigenvalue weighted by atomic mass is 9.91. The molecule has 5 fully saturated rings. The van der Waals surface area contributed by atoms with Crippen molar-refractivity contribution in [2.45, 2.75) is 195 Å². The molecule has 2 saturated heterocycles. The van der Waals surface area contributed by atoms with E-state index in [2.05, 4.69) is 125 Å². The van der Waals surface area contributed by atoms with E-state index < -0.39 is 22.4 Å². The molecule has 0 unspecified atom stereocenters. The first-order valence-electron chi connectivity index (χ1n) is 49.6. The molecule has 6 aliphatic heterocycles. The fourth-order valence-corrected chi connectivity index (χ4v) is 20.2. The van der Waals surface area contributed by atoms with Crippen LogP contribution in [0, 0.1) is 16.2 Å². The van der Waals surface area contributed by atoms with Crippen LogP contribution in [0.2, 0.25) is 0 Å². The smallest absolute Gasteiger partial charge is 0.251 e. The number of hydrogen-bond donors (Lipinski definition) is 8. The van der Waals surface area contributed by atoms with Gasteiger partial charge < -0.3 is 101 Å². The summed E-state index contributed by atoms with van der Waals surface area (Å²) >= 11 is 0. The molecular weight excluding hydrogens is 1820 g/mol. The Morgan fingerprint density at radius 1 is 0.420 bits per heavy atom. The monoisotopic (exact) mass is 1960 g/mol. The van der Waals surface area contributed by atoms with Crippen molar-refractivity contribution in [2.24, 2.45) is 16.2 Å². The van der Waals surface area contributed by atoms with Gasteiger partial charge in [0.25, 0.3) is 23.6 Å². The number of hydrogen-bond acceptors (Lipinski definition) is 31. The summed E-state index contributed by atoms with van der Waals surface area (Å²) < 4.78 is 37.5. The number of ether oxygens (including phenoxy) is 4. The van der Waals surface area contributed by atoms with Crippen molar-refractivity contribution in [3.8, 4) is 28.7 Å². The molecule has 0 bridgehead atoms. The van der Waals surface area contributed by atoms with E-state index in [1.54, 1.807) is 163 Å². The molecule has 40 heteroatoms. The number of alkyl halides is 1. The molecule has 143 heavy (non-hydrogen) atoms. The molecule has 5 aromatic heterocycles. The number of aromatic nitrogens is 11. The van der Waals surface area contributed by atoms with Crippen molar-refractivity contribution < 1.29 is 56.9 Å². The molecule has 3 saturated carbocycles. The highest BCUT2D eigenvalue weighted by Gasteiger charge is 2.46. The van der Waals surface area contributed by atoms with Crippen molar-refractivity contribution in [3.05, 3.63) is 132 Å². The fourth-order valence-electron chi connectivity index (χ4n) is 20.2. The Morgan fingerprint density at radius 3 is 1.08 bits per heavy atom. The van der Waals surface area contributed by atoms with Gasteiger partial charge in [-0.25, -0.2) is 24.3 Å². The van der Waals surface area contributed by atoms with Gasteiger partial charge in [-0.05, 0) is 193 Å². The maximum Gasteiger partial charge on any atom is 0.251 e. The van der Waals surface area contributed by atoms with Crippen molar-refractivity contribution in [3.63, 3.8) is 0 Å². The number of halogens is 1. The van der Waals surface area contributed by atoms with Gasteiger partial charge in [0.2, 0.25) is 41.5 Å². The van der Waals surface area contributed by atoms with Gasteiger partial charge in [-0.2, -0.15) is 19.9 Å². The Kier molecular flexibility index (Phi) is 32.0. The lowest BCUT2D eigenvalue weighted by Gasteiger charge is -2.34. The van der Waals surface area contributed by atoms with E-state index in [9.17, 15) is 38.0 Å². The first kappa shape index (κ1) is 103. The van der Waals surface area contributed by atoms with Gasteiger partial charge in [-0.1, -0.05) is 52.4 Å². The molecule has 3 aliphatic carbocycles. The number of methoxy groups -OCH3 is 4. The Bertz CT molecular complexity index is 6110. The van der Waals surface area contributed by atoms with Crippen LogP contribution in [0.4, 0.5) is 91.3 Å². The predicted molar refractivity (Wildman–Crippen MR) is 552 cm³/mol. The first-order valence-corrected chi connectivity index (χ1v) is 49.6. The zero-order chi connectivity index (χ0) is 102. The van der Waals surface area contributed by atoms with Gasteiger partial charge in [0.15, 0.2) is 23.3 Å². The number of benzene rings is 4. The number of amides is 7. The highest BCUT2D eigenvalue weighted by molar-refractivity contribution is 6.04. The van der Waals surface area contributed by atoms with Crippen molar-refractivity contribution in [1.29, 1.82) is 0 Å². The summed E-state index contributed by atoms with van der Waals surface area (Å²) in [5, 5.41) is 32.7. The van der Waals surface area contributed by atoms with Gasteiger partial charge in [-0.3, -0.25) is 43.0 Å². The summed E-state index contributed by atoms with van der Waals surface area (Å²) in [6, 6.07) is 22.1. The molecule has 18 rings (SSSR count). The van der Waals surface area contributed by atoms with Crippen LogP contribution in [-0.2, 0) is 19.8 Å². The van der Waals surface area contributed by atoms with Crippen LogP contribution >= 0.6 is 0 Å². The number of nitrogens with zero attached hydrogens (tertiary/aromatic N) is 20. The summed E-state index contributed by atoms with van der Waals surface area (Å²) in [5.41, 5.74) is 5.69. The molecule has 7 amide bonds. The Labute approximate surface area is 836 Å². The van der Waals surface area contributed by atoms with Crippen LogP contribution in [-0.4, -0.2) is 278 Å². The summed E-state index contributed by atoms with van der Waals surface area (Å²) in [4.78, 5) is 145. The number of likely N-dealkylation sites (tertiary alicyclic amines) is 2. The molecule has 9 aromatic rings. The van der Waals surface area contributed by atoms with Gasteiger partial charge >= 0.3 is 0 Å². The molecule has 0 radical (unpaired) electrons. The zero-order valence-corrected chi connectivity index (χ0v) is 85.9.